The van der Waals surface area contributed by atoms with E-state index in [9.17, 15) is 9.90 Å². The van der Waals surface area contributed by atoms with Crippen LogP contribution in [-0.2, 0) is 18.7 Å². The minimum Gasteiger partial charge on any atom is -0.413 e. The topological polar surface area (TPSA) is 65.0 Å². The van der Waals surface area contributed by atoms with E-state index in [2.05, 4.69) is 40.8 Å². The number of carbonyl (C=O) groups excluding carboxylic acids is 1. The van der Waals surface area contributed by atoms with Gasteiger partial charge in [-0.3, -0.25) is 4.79 Å². The number of carbonyl (C=O) groups is 1. The fraction of sp³-hybridized carbons (Fsp3) is 0.955. The molecule has 0 aromatic rings. The van der Waals surface area contributed by atoms with Crippen molar-refractivity contribution in [2.75, 3.05) is 13.2 Å². The monoisotopic (exact) mass is 412 g/mol. The zero-order valence-electron chi connectivity index (χ0n) is 18.9. The molecule has 0 bridgehead atoms. The van der Waals surface area contributed by atoms with Crippen molar-refractivity contribution >= 4 is 14.1 Å². The first-order valence-electron chi connectivity index (χ1n) is 10.9. The summed E-state index contributed by atoms with van der Waals surface area (Å²) >= 11 is 0. The second-order valence-electron chi connectivity index (χ2n) is 11.2. The Labute approximate surface area is 171 Å². The molecule has 4 atom stereocenters. The minimum absolute atomic E-state index is 0.00968. The minimum atomic E-state index is -1.91. The van der Waals surface area contributed by atoms with Gasteiger partial charge >= 0.3 is 0 Å². The Morgan fingerprint density at radius 1 is 1.14 bits per heavy atom. The smallest absolute Gasteiger partial charge is 0.192 e. The van der Waals surface area contributed by atoms with Crippen LogP contribution in [0.2, 0.25) is 18.1 Å². The zero-order valence-corrected chi connectivity index (χ0v) is 19.9. The van der Waals surface area contributed by atoms with Crippen LogP contribution in [0.15, 0.2) is 0 Å². The summed E-state index contributed by atoms with van der Waals surface area (Å²) in [4.78, 5) is 12.9. The average molecular weight is 413 g/mol. The molecule has 0 aromatic heterocycles. The molecule has 2 saturated carbocycles. The summed E-state index contributed by atoms with van der Waals surface area (Å²) in [6.07, 6.45) is 4.06. The highest BCUT2D eigenvalue weighted by molar-refractivity contribution is 6.74. The van der Waals surface area contributed by atoms with E-state index in [1.54, 1.807) is 0 Å². The molecule has 3 rings (SSSR count). The Morgan fingerprint density at radius 3 is 2.32 bits per heavy atom. The molecular weight excluding hydrogens is 372 g/mol. The lowest BCUT2D eigenvalue weighted by Crippen LogP contribution is -2.58. The maximum absolute atomic E-state index is 12.9. The van der Waals surface area contributed by atoms with Crippen molar-refractivity contribution in [2.45, 2.75) is 109 Å². The van der Waals surface area contributed by atoms with E-state index in [0.29, 0.717) is 32.5 Å². The van der Waals surface area contributed by atoms with Crippen LogP contribution in [0.4, 0.5) is 0 Å². The van der Waals surface area contributed by atoms with Crippen molar-refractivity contribution in [2.24, 2.45) is 11.3 Å². The highest BCUT2D eigenvalue weighted by Gasteiger charge is 2.62. The molecular formula is C22H40O5Si. The maximum Gasteiger partial charge on any atom is 0.192 e. The molecule has 3 aliphatic rings. The molecule has 0 amide bonds. The number of hydrogen-bond acceptors (Lipinski definition) is 5. The number of Topliss-reactive ketones (excluding diaryl/α,β-unsaturated/α-hetero) is 1. The molecule has 1 heterocycles. The number of hydrogen-bond donors (Lipinski definition) is 1. The van der Waals surface area contributed by atoms with E-state index < -0.39 is 19.7 Å². The van der Waals surface area contributed by atoms with Crippen molar-refractivity contribution in [3.63, 3.8) is 0 Å². The second-order valence-corrected chi connectivity index (χ2v) is 15.9. The van der Waals surface area contributed by atoms with E-state index in [1.807, 2.05) is 6.92 Å². The number of ketones is 1. The fourth-order valence-electron chi connectivity index (χ4n) is 5.27. The van der Waals surface area contributed by atoms with Gasteiger partial charge in [0, 0.05) is 18.8 Å². The predicted molar refractivity (Wildman–Crippen MR) is 112 cm³/mol. The fourth-order valence-corrected chi connectivity index (χ4v) is 6.73. The van der Waals surface area contributed by atoms with Crippen LogP contribution in [0.3, 0.4) is 0 Å². The largest absolute Gasteiger partial charge is 0.413 e. The summed E-state index contributed by atoms with van der Waals surface area (Å²) in [5.74, 6) is -0.745. The molecule has 0 radical (unpaired) electrons. The lowest BCUT2D eigenvalue weighted by Gasteiger charge is -2.51. The number of ether oxygens (including phenoxy) is 2. The van der Waals surface area contributed by atoms with Gasteiger partial charge in [0.1, 0.15) is 5.60 Å². The molecule has 0 spiro atoms. The van der Waals surface area contributed by atoms with Crippen LogP contribution in [0, 0.1) is 11.3 Å². The van der Waals surface area contributed by atoms with Gasteiger partial charge in [-0.2, -0.15) is 0 Å². The SMILES string of the molecule is CC1(CC[C@]2(O)C(=O)CC[C@]3(C)[C@@H](O[Si](C)(C)C(C)(C)C)CC[C@H]32)OCCO1. The average Bonchev–Trinajstić information content (AvgIpc) is 3.14. The molecule has 3 fully saturated rings. The lowest BCUT2D eigenvalue weighted by molar-refractivity contribution is -0.180. The molecule has 1 saturated heterocycles. The summed E-state index contributed by atoms with van der Waals surface area (Å²) in [5.41, 5.74) is -1.45. The highest BCUT2D eigenvalue weighted by Crippen LogP contribution is 2.58. The summed E-state index contributed by atoms with van der Waals surface area (Å²) in [7, 11) is -1.91. The third-order valence-electron chi connectivity index (χ3n) is 8.30. The molecule has 5 nitrogen and oxygen atoms in total. The van der Waals surface area contributed by atoms with Crippen molar-refractivity contribution in [1.82, 2.24) is 0 Å². The van der Waals surface area contributed by atoms with E-state index in [4.69, 9.17) is 13.9 Å². The quantitative estimate of drug-likeness (QED) is 0.677. The van der Waals surface area contributed by atoms with E-state index in [0.717, 1.165) is 19.3 Å². The Balaban J connectivity index is 1.79. The van der Waals surface area contributed by atoms with Gasteiger partial charge in [-0.25, -0.2) is 0 Å². The van der Waals surface area contributed by atoms with E-state index in [1.165, 1.54) is 0 Å². The second kappa shape index (κ2) is 7.15. The van der Waals surface area contributed by atoms with Gasteiger partial charge in [-0.05, 0) is 56.2 Å². The van der Waals surface area contributed by atoms with Crippen LogP contribution in [0.1, 0.15) is 73.1 Å². The molecule has 2 aliphatic carbocycles. The highest BCUT2D eigenvalue weighted by atomic mass is 28.4. The number of fused-ring (bicyclic) bond motifs is 1. The molecule has 162 valence electrons. The predicted octanol–water partition coefficient (Wildman–Crippen LogP) is 4.43. The normalized spacial score (nSPS) is 38.6. The summed E-state index contributed by atoms with van der Waals surface area (Å²) in [5, 5.41) is 11.8. The molecule has 0 unspecified atom stereocenters. The number of rotatable bonds is 5. The van der Waals surface area contributed by atoms with Crippen LogP contribution in [-0.4, -0.2) is 49.9 Å². The zero-order chi connectivity index (χ0) is 21.0. The Morgan fingerprint density at radius 2 is 1.75 bits per heavy atom. The number of aliphatic hydroxyl groups is 1. The van der Waals surface area contributed by atoms with Crippen LogP contribution in [0.5, 0.6) is 0 Å². The van der Waals surface area contributed by atoms with Crippen LogP contribution >= 0.6 is 0 Å². The van der Waals surface area contributed by atoms with Gasteiger partial charge in [0.05, 0.1) is 19.3 Å². The maximum atomic E-state index is 12.9. The first-order valence-corrected chi connectivity index (χ1v) is 13.9. The summed E-state index contributed by atoms with van der Waals surface area (Å²) in [6.45, 7) is 16.7. The first-order chi connectivity index (χ1) is 12.7. The van der Waals surface area contributed by atoms with Crippen molar-refractivity contribution in [3.05, 3.63) is 0 Å². The van der Waals surface area contributed by atoms with Crippen LogP contribution in [0.25, 0.3) is 0 Å². The van der Waals surface area contributed by atoms with E-state index >= 15 is 0 Å². The molecule has 6 heteroatoms. The first kappa shape index (κ1) is 22.4. The van der Waals surface area contributed by atoms with Gasteiger partial charge in [0.25, 0.3) is 0 Å². The van der Waals surface area contributed by atoms with Gasteiger partial charge in [0.2, 0.25) is 0 Å². The van der Waals surface area contributed by atoms with Gasteiger partial charge in [-0.15, -0.1) is 0 Å². The Kier molecular flexibility index (Phi) is 5.73. The molecule has 0 aromatic carbocycles. The summed E-state index contributed by atoms with van der Waals surface area (Å²) < 4.78 is 18.2. The molecule has 28 heavy (non-hydrogen) atoms. The van der Waals surface area contributed by atoms with E-state index in [-0.39, 0.29) is 28.3 Å². The summed E-state index contributed by atoms with van der Waals surface area (Å²) in [6, 6.07) is 0. The van der Waals surface area contributed by atoms with Crippen molar-refractivity contribution in [3.8, 4) is 0 Å². The molecule has 1 aliphatic heterocycles. The third-order valence-corrected chi connectivity index (χ3v) is 12.8. The Bertz CT molecular complexity index is 607. The lowest BCUT2D eigenvalue weighted by atomic mass is 9.59. The van der Waals surface area contributed by atoms with Crippen molar-refractivity contribution < 1.29 is 23.8 Å². The van der Waals surface area contributed by atoms with Crippen LogP contribution < -0.4 is 0 Å². The Hall–Kier alpha value is -0.273. The van der Waals surface area contributed by atoms with Gasteiger partial charge in [-0.1, -0.05) is 27.7 Å². The van der Waals surface area contributed by atoms with Crippen molar-refractivity contribution in [1.29, 1.82) is 0 Å². The van der Waals surface area contributed by atoms with Gasteiger partial charge in [0.15, 0.2) is 19.9 Å². The molecule has 1 N–H and O–H groups in total. The third kappa shape index (κ3) is 3.75. The van der Waals surface area contributed by atoms with Gasteiger partial charge < -0.3 is 19.0 Å². The standard InChI is InChI=1S/C22H40O5Si/c1-19(2,3)28(6,7)27-18-9-8-16-20(18,4)11-10-17(23)22(16,24)13-12-21(5)25-14-15-26-21/h16,18,24H,8-15H2,1-7H3/t16-,18+,20+,22-/m1/s1.